The summed E-state index contributed by atoms with van der Waals surface area (Å²) in [5.74, 6) is -1.89. The molecule has 3 rings (SSSR count). The maximum absolute atomic E-state index is 13.5. The number of carbonyl (C=O) groups is 1. The second-order valence-corrected chi connectivity index (χ2v) is 5.74. The summed E-state index contributed by atoms with van der Waals surface area (Å²) in [6.45, 7) is 0. The fourth-order valence-corrected chi connectivity index (χ4v) is 2.93. The summed E-state index contributed by atoms with van der Waals surface area (Å²) in [5.41, 5.74) is 0.284. The van der Waals surface area contributed by atoms with Gasteiger partial charge in [-0.25, -0.2) is 8.78 Å². The molecule has 110 valence electrons. The van der Waals surface area contributed by atoms with E-state index in [2.05, 4.69) is 26.1 Å². The minimum absolute atomic E-state index is 0.0650. The summed E-state index contributed by atoms with van der Waals surface area (Å²) in [7, 11) is 0. The first-order valence-electron chi connectivity index (χ1n) is 6.58. The van der Waals surface area contributed by atoms with Gasteiger partial charge in [0, 0.05) is 12.0 Å². The Hall–Kier alpha value is -1.63. The molecule has 0 aliphatic heterocycles. The van der Waals surface area contributed by atoms with Gasteiger partial charge in [0.15, 0.2) is 11.6 Å². The molecule has 0 N–H and O–H groups in total. The fraction of sp³-hybridized carbons (Fsp3) is 0.357. The third kappa shape index (κ3) is 2.62. The van der Waals surface area contributed by atoms with Gasteiger partial charge in [-0.1, -0.05) is 11.6 Å². The zero-order valence-electron chi connectivity index (χ0n) is 10.9. The lowest BCUT2D eigenvalue weighted by Crippen LogP contribution is -2.17. The molecule has 0 radical (unpaired) electrons. The summed E-state index contributed by atoms with van der Waals surface area (Å²) in [6, 6.07) is 2.36. The van der Waals surface area contributed by atoms with E-state index in [0.717, 1.165) is 18.9 Å². The van der Waals surface area contributed by atoms with Crippen LogP contribution in [0, 0.1) is 11.6 Å². The van der Waals surface area contributed by atoms with Crippen molar-refractivity contribution in [3.8, 4) is 11.4 Å². The van der Waals surface area contributed by atoms with Gasteiger partial charge < -0.3 is 4.52 Å². The Labute approximate surface area is 127 Å². The Morgan fingerprint density at radius 2 is 2.10 bits per heavy atom. The summed E-state index contributed by atoms with van der Waals surface area (Å²) in [5, 5.41) is 3.77. The van der Waals surface area contributed by atoms with Gasteiger partial charge in [0.05, 0.1) is 10.4 Å². The number of rotatable bonds is 2. The molecule has 1 aromatic heterocycles. The normalized spacial score (nSPS) is 19.0. The largest absolute Gasteiger partial charge is 0.338 e. The Morgan fingerprint density at radius 1 is 1.29 bits per heavy atom. The Morgan fingerprint density at radius 3 is 2.86 bits per heavy atom. The zero-order valence-corrected chi connectivity index (χ0v) is 12.5. The van der Waals surface area contributed by atoms with Crippen molar-refractivity contribution < 1.29 is 18.1 Å². The van der Waals surface area contributed by atoms with Gasteiger partial charge in [0.1, 0.15) is 5.78 Å². The van der Waals surface area contributed by atoms with Crippen molar-refractivity contribution >= 4 is 21.7 Å². The predicted molar refractivity (Wildman–Crippen MR) is 73.6 cm³/mol. The van der Waals surface area contributed by atoms with E-state index in [1.165, 1.54) is 6.07 Å². The van der Waals surface area contributed by atoms with Crippen LogP contribution in [0.3, 0.4) is 0 Å². The second-order valence-electron chi connectivity index (χ2n) is 4.94. The van der Waals surface area contributed by atoms with Gasteiger partial charge in [-0.3, -0.25) is 4.79 Å². The zero-order chi connectivity index (χ0) is 15.0. The number of benzene rings is 1. The van der Waals surface area contributed by atoms with Crippen LogP contribution in [-0.2, 0) is 4.79 Å². The molecule has 0 spiro atoms. The van der Waals surface area contributed by atoms with E-state index in [4.69, 9.17) is 4.52 Å². The molecule has 1 atom stereocenters. The highest BCUT2D eigenvalue weighted by molar-refractivity contribution is 9.10. The van der Waals surface area contributed by atoms with E-state index >= 15 is 0 Å². The molecule has 7 heteroatoms. The molecule has 1 fully saturated rings. The van der Waals surface area contributed by atoms with Crippen LogP contribution in [0.1, 0.15) is 37.5 Å². The van der Waals surface area contributed by atoms with Crippen LogP contribution < -0.4 is 0 Å². The van der Waals surface area contributed by atoms with E-state index in [1.54, 1.807) is 0 Å². The van der Waals surface area contributed by atoms with Crippen LogP contribution in [-0.4, -0.2) is 15.9 Å². The number of aromatic nitrogens is 2. The van der Waals surface area contributed by atoms with E-state index in [0.29, 0.717) is 12.8 Å². The van der Waals surface area contributed by atoms with Gasteiger partial charge >= 0.3 is 0 Å². The fourth-order valence-electron chi connectivity index (χ4n) is 2.43. The molecule has 0 amide bonds. The molecular weight excluding hydrogens is 346 g/mol. The van der Waals surface area contributed by atoms with E-state index in [9.17, 15) is 13.6 Å². The third-order valence-electron chi connectivity index (χ3n) is 3.57. The summed E-state index contributed by atoms with van der Waals surface area (Å²) < 4.78 is 31.7. The highest BCUT2D eigenvalue weighted by Gasteiger charge is 2.29. The number of carbonyl (C=O) groups excluding carboxylic acids is 1. The molecule has 0 saturated heterocycles. The van der Waals surface area contributed by atoms with E-state index in [1.807, 2.05) is 0 Å². The Kier molecular flexibility index (Phi) is 3.84. The maximum Gasteiger partial charge on any atom is 0.237 e. The first-order valence-corrected chi connectivity index (χ1v) is 7.37. The Balaban J connectivity index is 1.95. The van der Waals surface area contributed by atoms with E-state index < -0.39 is 11.6 Å². The van der Waals surface area contributed by atoms with Crippen LogP contribution in [0.25, 0.3) is 11.4 Å². The highest BCUT2D eigenvalue weighted by Crippen LogP contribution is 2.33. The second kappa shape index (κ2) is 5.63. The van der Waals surface area contributed by atoms with Crippen LogP contribution in [0.2, 0.25) is 0 Å². The number of hydrogen-bond acceptors (Lipinski definition) is 4. The number of hydrogen-bond donors (Lipinski definition) is 0. The average Bonchev–Trinajstić information content (AvgIpc) is 2.95. The van der Waals surface area contributed by atoms with Gasteiger partial charge in [0.2, 0.25) is 11.7 Å². The monoisotopic (exact) mass is 356 g/mol. The predicted octanol–water partition coefficient (Wildman–Crippen LogP) is 4.00. The molecule has 1 heterocycles. The van der Waals surface area contributed by atoms with Crippen LogP contribution in [0.5, 0.6) is 0 Å². The molecule has 4 nitrogen and oxygen atoms in total. The Bertz CT molecular complexity index is 702. The first kappa shape index (κ1) is 14.3. The number of nitrogens with zero attached hydrogens (tertiary/aromatic N) is 2. The van der Waals surface area contributed by atoms with Crippen molar-refractivity contribution in [3.63, 3.8) is 0 Å². The van der Waals surface area contributed by atoms with Crippen molar-refractivity contribution in [1.82, 2.24) is 10.1 Å². The molecule has 0 bridgehead atoms. The van der Waals surface area contributed by atoms with Crippen molar-refractivity contribution in [3.05, 3.63) is 34.1 Å². The van der Waals surface area contributed by atoms with Crippen LogP contribution in [0.4, 0.5) is 8.78 Å². The lowest BCUT2D eigenvalue weighted by Gasteiger charge is -2.16. The molecule has 2 aromatic rings. The molecule has 1 aliphatic carbocycles. The van der Waals surface area contributed by atoms with Gasteiger partial charge in [-0.15, -0.1) is 0 Å². The number of Topliss-reactive ketones (excluding diaryl/α,β-unsaturated/α-hetero) is 1. The lowest BCUT2D eigenvalue weighted by molar-refractivity contribution is -0.122. The molecule has 1 unspecified atom stereocenters. The van der Waals surface area contributed by atoms with E-state index in [-0.39, 0.29) is 33.5 Å². The summed E-state index contributed by atoms with van der Waals surface area (Å²) in [4.78, 5) is 16.0. The number of halogens is 3. The van der Waals surface area contributed by atoms with Crippen molar-refractivity contribution in [2.45, 2.75) is 31.6 Å². The van der Waals surface area contributed by atoms with Crippen molar-refractivity contribution in [2.75, 3.05) is 0 Å². The maximum atomic E-state index is 13.5. The summed E-state index contributed by atoms with van der Waals surface area (Å²) in [6.07, 6.45) is 3.00. The summed E-state index contributed by atoms with van der Waals surface area (Å²) >= 11 is 2.98. The molecule has 1 aliphatic rings. The SMILES string of the molecule is O=C1CCCCC1c1nc(-c2ccc(F)c(F)c2Br)no1. The first-order chi connectivity index (χ1) is 10.1. The smallest absolute Gasteiger partial charge is 0.237 e. The minimum atomic E-state index is -1.01. The molecule has 1 aromatic carbocycles. The standard InChI is InChI=1S/C14H11BrF2N2O2/c15-11-8(5-6-9(16)12(11)17)13-18-14(21-19-13)7-3-1-2-4-10(7)20/h5-7H,1-4H2. The highest BCUT2D eigenvalue weighted by atomic mass is 79.9. The molecule has 21 heavy (non-hydrogen) atoms. The topological polar surface area (TPSA) is 56.0 Å². The lowest BCUT2D eigenvalue weighted by atomic mass is 9.88. The van der Waals surface area contributed by atoms with Crippen LogP contribution in [0.15, 0.2) is 21.1 Å². The quantitative estimate of drug-likeness (QED) is 0.763. The number of ketones is 1. The minimum Gasteiger partial charge on any atom is -0.338 e. The van der Waals surface area contributed by atoms with Gasteiger partial charge in [-0.2, -0.15) is 4.98 Å². The van der Waals surface area contributed by atoms with Gasteiger partial charge in [-0.05, 0) is 40.9 Å². The van der Waals surface area contributed by atoms with Crippen molar-refractivity contribution in [2.24, 2.45) is 0 Å². The average molecular weight is 357 g/mol. The molecular formula is C14H11BrF2N2O2. The van der Waals surface area contributed by atoms with Crippen molar-refractivity contribution in [1.29, 1.82) is 0 Å². The molecule has 1 saturated carbocycles. The third-order valence-corrected chi connectivity index (χ3v) is 4.35. The van der Waals surface area contributed by atoms with Crippen LogP contribution >= 0.6 is 15.9 Å². The van der Waals surface area contributed by atoms with Gasteiger partial charge in [0.25, 0.3) is 0 Å².